The molecule has 0 aromatic heterocycles. The van der Waals surface area contributed by atoms with E-state index in [4.69, 9.17) is 25.9 Å². The Morgan fingerprint density at radius 3 is 2.64 bits per heavy atom. The number of nitrogens with zero attached hydrogens (tertiary/aromatic N) is 1. The van der Waals surface area contributed by atoms with Gasteiger partial charge < -0.3 is 24.5 Å². The number of cyclic esters (lactones) is 1. The summed E-state index contributed by atoms with van der Waals surface area (Å²) >= 11 is 6.52. The Labute approximate surface area is 319 Å². The van der Waals surface area contributed by atoms with Crippen LogP contribution in [0.15, 0.2) is 34.5 Å². The Morgan fingerprint density at radius 2 is 1.83 bits per heavy atom. The number of oxime groups is 1. The Balaban J connectivity index is 1.01. The lowest BCUT2D eigenvalue weighted by Gasteiger charge is -2.64. The van der Waals surface area contributed by atoms with E-state index < -0.39 is 17.8 Å². The normalized spacial score (nSPS) is 37.6. The second-order valence-corrected chi connectivity index (χ2v) is 18.0. The van der Waals surface area contributed by atoms with Gasteiger partial charge in [-0.1, -0.05) is 66.7 Å². The lowest BCUT2D eigenvalue weighted by atomic mass is 9.40. The summed E-state index contributed by atoms with van der Waals surface area (Å²) < 4.78 is 11.4. The van der Waals surface area contributed by atoms with Gasteiger partial charge in [-0.2, -0.15) is 0 Å². The summed E-state index contributed by atoms with van der Waals surface area (Å²) in [5.74, 6) is 6.97. The van der Waals surface area contributed by atoms with Crippen LogP contribution in [0.2, 0.25) is 5.02 Å². The van der Waals surface area contributed by atoms with Crippen molar-refractivity contribution < 1.29 is 34.1 Å². The van der Waals surface area contributed by atoms with Crippen LogP contribution in [0.4, 0.5) is 0 Å². The number of epoxide rings is 1. The predicted molar refractivity (Wildman–Crippen MR) is 205 cm³/mol. The highest BCUT2D eigenvalue weighted by Gasteiger charge is 2.68. The molecular weight excluding hydrogens is 690 g/mol. The summed E-state index contributed by atoms with van der Waals surface area (Å²) in [7, 11) is 0. The maximum absolute atomic E-state index is 13.3. The predicted octanol–water partition coefficient (Wildman–Crippen LogP) is 9.58. The van der Waals surface area contributed by atoms with Crippen molar-refractivity contribution in [1.29, 1.82) is 0 Å². The van der Waals surface area contributed by atoms with E-state index in [-0.39, 0.29) is 62.2 Å². The summed E-state index contributed by atoms with van der Waals surface area (Å²) in [5.41, 5.74) is 4.37. The van der Waals surface area contributed by atoms with E-state index in [0.29, 0.717) is 62.5 Å². The van der Waals surface area contributed by atoms with Crippen LogP contribution in [0.1, 0.15) is 140 Å². The molecule has 286 valence electrons. The summed E-state index contributed by atoms with van der Waals surface area (Å²) in [6.45, 7) is 12.2. The SMILES string of the molecule is C[C@@H]1C[C@H]2O[C@@H]2C=CCCC(=NOCCCC#C[C@@]2(C)CC[C@]3(C)C4CCC5=C(CCC(=O)C5)[C@]4(C)CC[C@@]23C)Cc2c(Cl)c(O)cc(O)c2C(=O)O1. The molecule has 2 aliphatic heterocycles. The largest absolute Gasteiger partial charge is 0.507 e. The van der Waals surface area contributed by atoms with Gasteiger partial charge in [0.1, 0.15) is 41.7 Å². The first-order chi connectivity index (χ1) is 25.2. The number of allylic oxidation sites excluding steroid dienone is 3. The molecule has 6 aliphatic rings. The number of ketones is 1. The fraction of sp³-hybridized carbons (Fsp3) is 0.659. The van der Waals surface area contributed by atoms with Gasteiger partial charge in [-0.15, -0.1) is 5.92 Å². The number of Topliss-reactive ketones (excluding diaryl/α,β-unsaturated/α-hetero) is 1. The minimum absolute atomic E-state index is 0.00667. The highest BCUT2D eigenvalue weighted by atomic mass is 35.5. The number of esters is 1. The number of unbranched alkanes of at least 4 members (excludes halogenated alkanes) is 1. The third-order valence-electron chi connectivity index (χ3n) is 14.6. The lowest BCUT2D eigenvalue weighted by Crippen LogP contribution is -2.56. The molecule has 4 aliphatic carbocycles. The number of carbonyl (C=O) groups is 2. The molecule has 0 spiro atoms. The third-order valence-corrected chi connectivity index (χ3v) is 15.1. The molecule has 0 radical (unpaired) electrons. The van der Waals surface area contributed by atoms with E-state index in [1.807, 2.05) is 6.08 Å². The molecule has 7 rings (SSSR count). The number of fused-ring (bicyclic) bond motifs is 6. The van der Waals surface area contributed by atoms with Crippen LogP contribution in [-0.2, 0) is 25.5 Å². The number of phenolic OH excluding ortho intramolecular Hbond substituents is 2. The van der Waals surface area contributed by atoms with E-state index in [0.717, 1.165) is 38.2 Å². The number of ether oxygens (including phenoxy) is 2. The van der Waals surface area contributed by atoms with Crippen LogP contribution >= 0.6 is 11.6 Å². The van der Waals surface area contributed by atoms with Crippen LogP contribution in [0, 0.1) is 39.4 Å². The number of carbonyl (C=O) groups excluding carboxylic acids is 2. The van der Waals surface area contributed by atoms with Gasteiger partial charge >= 0.3 is 5.97 Å². The fourth-order valence-corrected chi connectivity index (χ4v) is 11.4. The van der Waals surface area contributed by atoms with Crippen molar-refractivity contribution in [3.05, 3.63) is 45.5 Å². The van der Waals surface area contributed by atoms with Gasteiger partial charge in [0, 0.05) is 43.6 Å². The highest BCUT2D eigenvalue weighted by molar-refractivity contribution is 6.33. The zero-order valence-electron chi connectivity index (χ0n) is 32.1. The first-order valence-corrected chi connectivity index (χ1v) is 20.2. The Morgan fingerprint density at radius 1 is 1.02 bits per heavy atom. The van der Waals surface area contributed by atoms with Gasteiger partial charge in [0.15, 0.2) is 0 Å². The second-order valence-electron chi connectivity index (χ2n) is 17.6. The van der Waals surface area contributed by atoms with Crippen LogP contribution in [0.5, 0.6) is 11.5 Å². The monoisotopic (exact) mass is 745 g/mol. The molecular formula is C44H56ClNO7. The van der Waals surface area contributed by atoms with Crippen molar-refractivity contribution in [2.75, 3.05) is 6.61 Å². The molecule has 0 amide bonds. The van der Waals surface area contributed by atoms with Gasteiger partial charge in [0.2, 0.25) is 0 Å². The molecule has 1 saturated heterocycles. The molecule has 0 bridgehead atoms. The van der Waals surface area contributed by atoms with Gasteiger partial charge in [-0.05, 0) is 106 Å². The molecule has 1 aromatic rings. The topological polar surface area (TPSA) is 118 Å². The number of phenols is 2. The summed E-state index contributed by atoms with van der Waals surface area (Å²) in [6.07, 6.45) is 16.2. The first-order valence-electron chi connectivity index (χ1n) is 19.9. The van der Waals surface area contributed by atoms with Gasteiger partial charge in [-0.25, -0.2) is 4.79 Å². The number of benzene rings is 1. The third kappa shape index (κ3) is 6.84. The second kappa shape index (κ2) is 14.4. The Kier molecular flexibility index (Phi) is 10.3. The Bertz CT molecular complexity index is 1820. The zero-order chi connectivity index (χ0) is 37.8. The van der Waals surface area contributed by atoms with E-state index in [1.165, 1.54) is 24.8 Å². The minimum Gasteiger partial charge on any atom is -0.507 e. The number of hydrogen-bond donors (Lipinski definition) is 2. The standard InChI is InChI=1S/C44H56ClNO7/c1-27-23-36-35(53-36)12-8-7-11-29(25-31-38(40(50)52-27)33(48)26-34(49)39(31)45)46-51-22-10-6-9-17-41(2)18-20-43(4)37-16-13-28-24-30(47)14-15-32(28)42(37,3)19-21-44(41,43)5/h8,12,26-27,35-37,48-49H,6-7,10-11,13-16,18-25H2,1-5H3/t27-,35-,36-,37?,41+,42+,43-,44+/m1/s1. The molecule has 2 heterocycles. The van der Waals surface area contributed by atoms with E-state index in [9.17, 15) is 19.8 Å². The van der Waals surface area contributed by atoms with E-state index in [1.54, 1.807) is 12.5 Å². The van der Waals surface area contributed by atoms with Crippen LogP contribution in [0.3, 0.4) is 0 Å². The average molecular weight is 746 g/mol. The molecule has 1 unspecified atom stereocenters. The van der Waals surface area contributed by atoms with E-state index >= 15 is 0 Å². The van der Waals surface area contributed by atoms with Gasteiger partial charge in [0.05, 0.1) is 16.8 Å². The average Bonchev–Trinajstić information content (AvgIpc) is 3.80. The minimum atomic E-state index is -0.713. The number of aromatic hydroxyl groups is 2. The van der Waals surface area contributed by atoms with Crippen molar-refractivity contribution in [2.45, 2.75) is 149 Å². The molecule has 1 aromatic carbocycles. The van der Waals surface area contributed by atoms with Gasteiger partial charge in [-0.3, -0.25) is 4.79 Å². The number of halogens is 1. The maximum Gasteiger partial charge on any atom is 0.342 e. The summed E-state index contributed by atoms with van der Waals surface area (Å²) in [5, 5.41) is 25.6. The quantitative estimate of drug-likeness (QED) is 0.0787. The summed E-state index contributed by atoms with van der Waals surface area (Å²) in [6, 6.07) is 1.06. The van der Waals surface area contributed by atoms with Crippen molar-refractivity contribution >= 4 is 29.1 Å². The molecule has 9 heteroatoms. The summed E-state index contributed by atoms with van der Waals surface area (Å²) in [4.78, 5) is 31.4. The maximum atomic E-state index is 13.3. The fourth-order valence-electron chi connectivity index (χ4n) is 11.2. The first kappa shape index (κ1) is 38.0. The van der Waals surface area contributed by atoms with Crippen molar-refractivity contribution in [3.63, 3.8) is 0 Å². The van der Waals surface area contributed by atoms with Gasteiger partial charge in [0.25, 0.3) is 0 Å². The van der Waals surface area contributed by atoms with Crippen molar-refractivity contribution in [3.8, 4) is 23.3 Å². The highest BCUT2D eigenvalue weighted by Crippen LogP contribution is 2.76. The van der Waals surface area contributed by atoms with E-state index in [2.05, 4.69) is 50.8 Å². The Hall–Kier alpha value is -3.28. The molecule has 2 saturated carbocycles. The number of hydrogen-bond acceptors (Lipinski definition) is 8. The lowest BCUT2D eigenvalue weighted by molar-refractivity contribution is -0.122. The smallest absolute Gasteiger partial charge is 0.342 e. The van der Waals surface area contributed by atoms with Crippen LogP contribution < -0.4 is 0 Å². The molecule has 8 nitrogen and oxygen atoms in total. The molecule has 3 fully saturated rings. The van der Waals surface area contributed by atoms with Crippen LogP contribution in [-0.4, -0.2) is 52.6 Å². The zero-order valence-corrected chi connectivity index (χ0v) is 32.9. The van der Waals surface area contributed by atoms with Crippen molar-refractivity contribution in [1.82, 2.24) is 0 Å². The molecule has 8 atom stereocenters. The molecule has 2 N–H and O–H groups in total. The van der Waals surface area contributed by atoms with Crippen molar-refractivity contribution in [2.24, 2.45) is 32.7 Å². The molecule has 53 heavy (non-hydrogen) atoms. The number of rotatable bonds is 4. The van der Waals surface area contributed by atoms with Crippen LogP contribution in [0.25, 0.3) is 0 Å².